The van der Waals surface area contributed by atoms with Gasteiger partial charge in [-0.2, -0.15) is 5.26 Å². The summed E-state index contributed by atoms with van der Waals surface area (Å²) < 4.78 is 5.19. The topological polar surface area (TPSA) is 105 Å². The van der Waals surface area contributed by atoms with E-state index in [0.717, 1.165) is 5.56 Å². The molecule has 0 aromatic heterocycles. The number of nitrogens with one attached hydrogen (secondary N) is 1. The van der Waals surface area contributed by atoms with Gasteiger partial charge in [-0.25, -0.2) is 4.79 Å². The van der Waals surface area contributed by atoms with E-state index in [4.69, 9.17) is 15.7 Å². The molecule has 0 heterocycles. The number of hydrogen-bond acceptors (Lipinski definition) is 5. The first-order valence-electron chi connectivity index (χ1n) is 8.25. The van der Waals surface area contributed by atoms with Crippen molar-refractivity contribution in [3.8, 4) is 6.07 Å². The van der Waals surface area contributed by atoms with Crippen LogP contribution < -0.4 is 11.1 Å². The molecule has 0 spiro atoms. The Morgan fingerprint density at radius 1 is 1.15 bits per heavy atom. The van der Waals surface area contributed by atoms with E-state index in [2.05, 4.69) is 11.4 Å². The van der Waals surface area contributed by atoms with E-state index in [0.29, 0.717) is 11.1 Å². The Hall–Kier alpha value is -3.17. The molecule has 0 unspecified atom stereocenters. The maximum atomic E-state index is 12.2. The zero-order valence-electron chi connectivity index (χ0n) is 14.5. The van der Waals surface area contributed by atoms with Crippen LogP contribution in [-0.2, 0) is 27.4 Å². The largest absolute Gasteiger partial charge is 0.459 e. The summed E-state index contributed by atoms with van der Waals surface area (Å²) in [7, 11) is 0. The number of rotatable bonds is 7. The van der Waals surface area contributed by atoms with Crippen LogP contribution in [0.4, 0.5) is 0 Å². The van der Waals surface area contributed by atoms with Gasteiger partial charge in [-0.05, 0) is 30.5 Å². The van der Waals surface area contributed by atoms with Crippen LogP contribution >= 0.6 is 0 Å². The molecule has 2 aromatic carbocycles. The summed E-state index contributed by atoms with van der Waals surface area (Å²) in [5.41, 5.74) is 7.95. The summed E-state index contributed by atoms with van der Waals surface area (Å²) in [5.74, 6) is -1.01. The van der Waals surface area contributed by atoms with Crippen molar-refractivity contribution in [3.05, 3.63) is 71.3 Å². The molecule has 0 radical (unpaired) electrons. The molecule has 0 aliphatic heterocycles. The minimum Gasteiger partial charge on any atom is -0.459 e. The minimum absolute atomic E-state index is 0.140. The maximum absolute atomic E-state index is 12.2. The molecule has 2 aromatic rings. The van der Waals surface area contributed by atoms with Crippen molar-refractivity contribution in [2.75, 3.05) is 0 Å². The Morgan fingerprint density at radius 3 is 2.50 bits per heavy atom. The number of carbonyl (C=O) groups excluding carboxylic acids is 2. The van der Waals surface area contributed by atoms with Crippen molar-refractivity contribution in [1.82, 2.24) is 5.32 Å². The third-order valence-electron chi connectivity index (χ3n) is 3.85. The maximum Gasteiger partial charge on any atom is 0.328 e. The Bertz CT molecular complexity index is 799. The standard InChI is InChI=1S/C20H21N3O3/c1-14(20(25)26-13-15-7-3-2-4-8-15)23-19(24)18(22)11-16-9-5-6-10-17(16)12-21/h2-10,14,18H,11,13,22H2,1H3,(H,23,24)/t14-,18+/m0/s1. The lowest BCUT2D eigenvalue weighted by Gasteiger charge is -2.17. The SMILES string of the molecule is C[C@H](NC(=O)[C@H](N)Cc1ccccc1C#N)C(=O)OCc1ccccc1. The van der Waals surface area contributed by atoms with Crippen molar-refractivity contribution >= 4 is 11.9 Å². The molecule has 0 aliphatic rings. The number of nitriles is 1. The van der Waals surface area contributed by atoms with E-state index in [1.807, 2.05) is 30.3 Å². The van der Waals surface area contributed by atoms with Crippen molar-refractivity contribution in [2.45, 2.75) is 32.0 Å². The van der Waals surface area contributed by atoms with Crippen molar-refractivity contribution in [3.63, 3.8) is 0 Å². The Labute approximate surface area is 152 Å². The minimum atomic E-state index is -0.867. The van der Waals surface area contributed by atoms with Crippen LogP contribution in [0.2, 0.25) is 0 Å². The highest BCUT2D eigenvalue weighted by Crippen LogP contribution is 2.09. The first-order chi connectivity index (χ1) is 12.5. The predicted molar refractivity (Wildman–Crippen MR) is 96.7 cm³/mol. The number of hydrogen-bond donors (Lipinski definition) is 2. The monoisotopic (exact) mass is 351 g/mol. The van der Waals surface area contributed by atoms with Gasteiger partial charge in [0.15, 0.2) is 0 Å². The number of nitrogens with zero attached hydrogens (tertiary/aromatic N) is 1. The number of nitrogens with two attached hydrogens (primary N) is 1. The second kappa shape index (κ2) is 9.35. The average molecular weight is 351 g/mol. The van der Waals surface area contributed by atoms with E-state index in [9.17, 15) is 9.59 Å². The molecule has 2 rings (SSSR count). The number of amides is 1. The summed E-state index contributed by atoms with van der Waals surface area (Å²) in [5, 5.41) is 11.6. The number of ether oxygens (including phenoxy) is 1. The first kappa shape index (κ1) is 19.2. The fourth-order valence-electron chi connectivity index (χ4n) is 2.37. The second-order valence-corrected chi connectivity index (χ2v) is 5.90. The molecule has 6 nitrogen and oxygen atoms in total. The van der Waals surface area contributed by atoms with Crippen LogP contribution in [0.15, 0.2) is 54.6 Å². The third-order valence-corrected chi connectivity index (χ3v) is 3.85. The van der Waals surface area contributed by atoms with Crippen LogP contribution in [0, 0.1) is 11.3 Å². The van der Waals surface area contributed by atoms with Gasteiger partial charge >= 0.3 is 5.97 Å². The van der Waals surface area contributed by atoms with Crippen LogP contribution in [0.5, 0.6) is 0 Å². The van der Waals surface area contributed by atoms with Crippen LogP contribution in [-0.4, -0.2) is 24.0 Å². The number of carbonyl (C=O) groups is 2. The van der Waals surface area contributed by atoms with Gasteiger partial charge in [0, 0.05) is 0 Å². The number of esters is 1. The van der Waals surface area contributed by atoms with Gasteiger partial charge in [0.25, 0.3) is 0 Å². The fraction of sp³-hybridized carbons (Fsp3) is 0.250. The fourth-order valence-corrected chi connectivity index (χ4v) is 2.37. The van der Waals surface area contributed by atoms with Gasteiger partial charge in [-0.1, -0.05) is 48.5 Å². The zero-order chi connectivity index (χ0) is 18.9. The Morgan fingerprint density at radius 2 is 1.81 bits per heavy atom. The molecule has 2 atom stereocenters. The molecule has 0 fully saturated rings. The molecular weight excluding hydrogens is 330 g/mol. The molecule has 0 aliphatic carbocycles. The molecule has 0 bridgehead atoms. The van der Waals surface area contributed by atoms with Gasteiger partial charge in [0.05, 0.1) is 17.7 Å². The molecule has 6 heteroatoms. The average Bonchev–Trinajstić information content (AvgIpc) is 2.67. The molecule has 1 amide bonds. The molecule has 0 saturated heterocycles. The smallest absolute Gasteiger partial charge is 0.328 e. The summed E-state index contributed by atoms with van der Waals surface area (Å²) in [4.78, 5) is 24.2. The summed E-state index contributed by atoms with van der Waals surface area (Å²) in [6.07, 6.45) is 0.210. The van der Waals surface area contributed by atoms with Crippen molar-refractivity contribution in [2.24, 2.45) is 5.73 Å². The van der Waals surface area contributed by atoms with E-state index in [-0.39, 0.29) is 13.0 Å². The lowest BCUT2D eigenvalue weighted by atomic mass is 10.0. The van der Waals surface area contributed by atoms with Gasteiger partial charge in [0.2, 0.25) is 5.91 Å². The van der Waals surface area contributed by atoms with Gasteiger partial charge in [0.1, 0.15) is 12.6 Å². The second-order valence-electron chi connectivity index (χ2n) is 5.90. The van der Waals surface area contributed by atoms with Gasteiger partial charge in [-0.3, -0.25) is 4.79 Å². The highest BCUT2D eigenvalue weighted by Gasteiger charge is 2.22. The van der Waals surface area contributed by atoms with Crippen LogP contribution in [0.25, 0.3) is 0 Å². The number of benzene rings is 2. The molecular formula is C20H21N3O3. The molecule has 3 N–H and O–H groups in total. The quantitative estimate of drug-likeness (QED) is 0.738. The molecule has 134 valence electrons. The summed E-state index contributed by atoms with van der Waals surface area (Å²) >= 11 is 0. The lowest BCUT2D eigenvalue weighted by molar-refractivity contribution is -0.148. The van der Waals surface area contributed by atoms with E-state index in [1.54, 1.807) is 31.2 Å². The predicted octanol–water partition coefficient (Wildman–Crippen LogP) is 1.68. The van der Waals surface area contributed by atoms with Crippen molar-refractivity contribution < 1.29 is 14.3 Å². The lowest BCUT2D eigenvalue weighted by Crippen LogP contribution is -2.48. The summed E-state index contributed by atoms with van der Waals surface area (Å²) in [6.45, 7) is 1.68. The molecule has 26 heavy (non-hydrogen) atoms. The van der Waals surface area contributed by atoms with Crippen LogP contribution in [0.1, 0.15) is 23.6 Å². The van der Waals surface area contributed by atoms with Gasteiger partial charge < -0.3 is 15.8 Å². The first-order valence-corrected chi connectivity index (χ1v) is 8.25. The third kappa shape index (κ3) is 5.43. The zero-order valence-corrected chi connectivity index (χ0v) is 14.5. The molecule has 0 saturated carbocycles. The Balaban J connectivity index is 1.85. The van der Waals surface area contributed by atoms with E-state index >= 15 is 0 Å². The highest BCUT2D eigenvalue weighted by molar-refractivity contribution is 5.87. The van der Waals surface area contributed by atoms with Gasteiger partial charge in [-0.15, -0.1) is 0 Å². The Kier molecular flexibility index (Phi) is 6.89. The van der Waals surface area contributed by atoms with E-state index in [1.165, 1.54) is 0 Å². The highest BCUT2D eigenvalue weighted by atomic mass is 16.5. The van der Waals surface area contributed by atoms with E-state index < -0.39 is 24.0 Å². The van der Waals surface area contributed by atoms with Crippen molar-refractivity contribution in [1.29, 1.82) is 5.26 Å². The normalized spacial score (nSPS) is 12.5. The summed E-state index contributed by atoms with van der Waals surface area (Å²) in [6, 6.07) is 16.6. The van der Waals surface area contributed by atoms with Crippen LogP contribution in [0.3, 0.4) is 0 Å².